The quantitative estimate of drug-likeness (QED) is 0.678. The van der Waals surface area contributed by atoms with Gasteiger partial charge in [-0.3, -0.25) is 4.90 Å². The molecule has 13 heavy (non-hydrogen) atoms. The fourth-order valence-electron chi connectivity index (χ4n) is 2.20. The predicted octanol–water partition coefficient (Wildman–Crippen LogP) is 1.42. The molecule has 2 nitrogen and oxygen atoms in total. The third kappa shape index (κ3) is 2.20. The third-order valence-electron chi connectivity index (χ3n) is 3.33. The molecular weight excluding hydrogens is 182 g/mol. The Bertz CT molecular complexity index is 162. The molecule has 0 spiro atoms. The number of ether oxygens (including phenoxy) is 1. The minimum atomic E-state index is 0.566. The van der Waals surface area contributed by atoms with Crippen LogP contribution in [-0.4, -0.2) is 42.5 Å². The smallest absolute Gasteiger partial charge is 0.0480 e. The first-order valence-electron chi connectivity index (χ1n) is 5.27. The van der Waals surface area contributed by atoms with Gasteiger partial charge in [0.2, 0.25) is 0 Å². The molecule has 0 aliphatic carbocycles. The van der Waals surface area contributed by atoms with Crippen molar-refractivity contribution in [3.8, 4) is 0 Å². The van der Waals surface area contributed by atoms with Crippen molar-refractivity contribution < 1.29 is 4.74 Å². The van der Waals surface area contributed by atoms with Crippen molar-refractivity contribution in [2.75, 3.05) is 26.3 Å². The molecule has 0 N–H and O–H groups in total. The van der Waals surface area contributed by atoms with E-state index in [9.17, 15) is 0 Å². The highest BCUT2D eigenvalue weighted by Gasteiger charge is 2.34. The largest absolute Gasteiger partial charge is 0.381 e. The fraction of sp³-hybridized carbons (Fsp3) is 1.00. The van der Waals surface area contributed by atoms with Gasteiger partial charge in [0.1, 0.15) is 0 Å². The Labute approximate surface area is 86.0 Å². The monoisotopic (exact) mass is 201 g/mol. The number of nitrogens with zero attached hydrogens (tertiary/aromatic N) is 1. The SMILES string of the molecule is CC(S)C1CN(C2CCOCC2)C1. The molecule has 2 aliphatic heterocycles. The average molecular weight is 201 g/mol. The zero-order valence-electron chi connectivity index (χ0n) is 8.28. The Morgan fingerprint density at radius 3 is 2.46 bits per heavy atom. The van der Waals surface area contributed by atoms with E-state index < -0.39 is 0 Å². The minimum absolute atomic E-state index is 0.566. The van der Waals surface area contributed by atoms with Crippen molar-refractivity contribution in [1.29, 1.82) is 0 Å². The lowest BCUT2D eigenvalue weighted by molar-refractivity contribution is -0.0143. The van der Waals surface area contributed by atoms with Crippen molar-refractivity contribution in [1.82, 2.24) is 4.90 Å². The van der Waals surface area contributed by atoms with Crippen LogP contribution in [0.15, 0.2) is 0 Å². The zero-order chi connectivity index (χ0) is 9.26. The molecule has 0 aromatic heterocycles. The summed E-state index contributed by atoms with van der Waals surface area (Å²) in [6.45, 7) is 6.64. The summed E-state index contributed by atoms with van der Waals surface area (Å²) in [4.78, 5) is 2.60. The highest BCUT2D eigenvalue weighted by molar-refractivity contribution is 7.80. The van der Waals surface area contributed by atoms with E-state index in [0.29, 0.717) is 5.25 Å². The Kier molecular flexibility index (Phi) is 3.17. The number of hydrogen-bond donors (Lipinski definition) is 1. The topological polar surface area (TPSA) is 12.5 Å². The average Bonchev–Trinajstić information content (AvgIpc) is 2.02. The third-order valence-corrected chi connectivity index (χ3v) is 3.75. The van der Waals surface area contributed by atoms with Gasteiger partial charge in [0, 0.05) is 37.6 Å². The van der Waals surface area contributed by atoms with Crippen LogP contribution in [0.1, 0.15) is 19.8 Å². The molecule has 0 aromatic rings. The van der Waals surface area contributed by atoms with E-state index >= 15 is 0 Å². The normalized spacial score (nSPS) is 30.0. The highest BCUT2D eigenvalue weighted by atomic mass is 32.1. The van der Waals surface area contributed by atoms with E-state index in [1.807, 2.05) is 0 Å². The summed E-state index contributed by atoms with van der Waals surface area (Å²) in [6.07, 6.45) is 2.46. The van der Waals surface area contributed by atoms with Gasteiger partial charge in [0.25, 0.3) is 0 Å². The van der Waals surface area contributed by atoms with Crippen LogP contribution in [0.25, 0.3) is 0 Å². The molecule has 3 heteroatoms. The Morgan fingerprint density at radius 1 is 1.31 bits per heavy atom. The maximum atomic E-state index is 5.35. The molecule has 0 radical (unpaired) electrons. The summed E-state index contributed by atoms with van der Waals surface area (Å²) in [6, 6.07) is 0.803. The lowest BCUT2D eigenvalue weighted by Gasteiger charge is -2.47. The maximum Gasteiger partial charge on any atom is 0.0480 e. The second-order valence-electron chi connectivity index (χ2n) is 4.30. The second kappa shape index (κ2) is 4.20. The van der Waals surface area contributed by atoms with Gasteiger partial charge in [-0.25, -0.2) is 0 Å². The van der Waals surface area contributed by atoms with E-state index in [4.69, 9.17) is 4.74 Å². The molecule has 1 atom stereocenters. The van der Waals surface area contributed by atoms with Crippen LogP contribution in [0.4, 0.5) is 0 Å². The molecule has 76 valence electrons. The van der Waals surface area contributed by atoms with Crippen LogP contribution in [0.5, 0.6) is 0 Å². The van der Waals surface area contributed by atoms with Gasteiger partial charge in [-0.05, 0) is 18.8 Å². The molecule has 0 aromatic carbocycles. The van der Waals surface area contributed by atoms with Gasteiger partial charge in [-0.15, -0.1) is 0 Å². The van der Waals surface area contributed by atoms with E-state index in [-0.39, 0.29) is 0 Å². The highest BCUT2D eigenvalue weighted by Crippen LogP contribution is 2.27. The summed E-state index contributed by atoms with van der Waals surface area (Å²) in [7, 11) is 0. The van der Waals surface area contributed by atoms with E-state index in [1.165, 1.54) is 25.9 Å². The van der Waals surface area contributed by atoms with Crippen LogP contribution in [0, 0.1) is 5.92 Å². The van der Waals surface area contributed by atoms with Gasteiger partial charge >= 0.3 is 0 Å². The molecule has 0 saturated carbocycles. The van der Waals surface area contributed by atoms with Crippen molar-refractivity contribution >= 4 is 12.6 Å². The summed E-state index contributed by atoms with van der Waals surface area (Å²) in [5.74, 6) is 0.825. The first kappa shape index (κ1) is 9.81. The van der Waals surface area contributed by atoms with Gasteiger partial charge in [-0.2, -0.15) is 12.6 Å². The first-order valence-corrected chi connectivity index (χ1v) is 5.79. The predicted molar refractivity (Wildman–Crippen MR) is 57.4 cm³/mol. The number of likely N-dealkylation sites (tertiary alicyclic amines) is 1. The lowest BCUT2D eigenvalue weighted by Crippen LogP contribution is -2.55. The molecule has 0 amide bonds. The van der Waals surface area contributed by atoms with E-state index in [0.717, 1.165) is 25.2 Å². The fourth-order valence-corrected chi connectivity index (χ4v) is 2.39. The molecule has 2 rings (SSSR count). The van der Waals surface area contributed by atoms with Crippen molar-refractivity contribution in [2.45, 2.75) is 31.1 Å². The number of thiol groups is 1. The summed E-state index contributed by atoms with van der Waals surface area (Å²) >= 11 is 4.48. The van der Waals surface area contributed by atoms with Crippen molar-refractivity contribution in [3.05, 3.63) is 0 Å². The Morgan fingerprint density at radius 2 is 1.92 bits per heavy atom. The van der Waals surface area contributed by atoms with Crippen LogP contribution in [0.3, 0.4) is 0 Å². The maximum absolute atomic E-state index is 5.35. The Hall–Kier alpha value is 0.270. The van der Waals surface area contributed by atoms with Crippen LogP contribution >= 0.6 is 12.6 Å². The summed E-state index contributed by atoms with van der Waals surface area (Å²) < 4.78 is 5.35. The Balaban J connectivity index is 1.72. The molecule has 2 heterocycles. The van der Waals surface area contributed by atoms with Crippen LogP contribution in [0.2, 0.25) is 0 Å². The van der Waals surface area contributed by atoms with Crippen LogP contribution in [-0.2, 0) is 4.74 Å². The summed E-state index contributed by atoms with van der Waals surface area (Å²) in [5.41, 5.74) is 0. The lowest BCUT2D eigenvalue weighted by atomic mass is 9.92. The molecule has 2 aliphatic rings. The standard InChI is InChI=1S/C10H19NOS/c1-8(13)9-6-11(7-9)10-2-4-12-5-3-10/h8-10,13H,2-7H2,1H3. The van der Waals surface area contributed by atoms with Gasteiger partial charge in [-0.1, -0.05) is 6.92 Å². The number of rotatable bonds is 2. The molecule has 0 bridgehead atoms. The second-order valence-corrected chi connectivity index (χ2v) is 5.11. The zero-order valence-corrected chi connectivity index (χ0v) is 9.17. The minimum Gasteiger partial charge on any atom is -0.381 e. The van der Waals surface area contributed by atoms with Gasteiger partial charge in [0.05, 0.1) is 0 Å². The molecule has 1 unspecified atom stereocenters. The molecule has 2 fully saturated rings. The summed E-state index contributed by atoms with van der Waals surface area (Å²) in [5, 5.41) is 0.566. The number of hydrogen-bond acceptors (Lipinski definition) is 3. The first-order chi connectivity index (χ1) is 6.27. The van der Waals surface area contributed by atoms with Crippen LogP contribution < -0.4 is 0 Å². The molecule has 2 saturated heterocycles. The van der Waals surface area contributed by atoms with Gasteiger partial charge in [0.15, 0.2) is 0 Å². The van der Waals surface area contributed by atoms with E-state index in [1.54, 1.807) is 0 Å². The van der Waals surface area contributed by atoms with Crippen molar-refractivity contribution in [2.24, 2.45) is 5.92 Å². The van der Waals surface area contributed by atoms with Crippen molar-refractivity contribution in [3.63, 3.8) is 0 Å². The molecular formula is C10H19NOS. The van der Waals surface area contributed by atoms with E-state index in [2.05, 4.69) is 24.5 Å². The van der Waals surface area contributed by atoms with Gasteiger partial charge < -0.3 is 4.74 Å².